The first-order valence-electron chi connectivity index (χ1n) is 16.2. The average molecular weight is 619 g/mol. The van der Waals surface area contributed by atoms with Gasteiger partial charge in [0.05, 0.1) is 16.6 Å². The summed E-state index contributed by atoms with van der Waals surface area (Å²) >= 11 is 0. The zero-order valence-corrected chi connectivity index (χ0v) is 25.5. The van der Waals surface area contributed by atoms with E-state index in [2.05, 4.69) is 124 Å². The monoisotopic (exact) mass is 619 g/mol. The quantitative estimate of drug-likeness (QED) is 0.176. The van der Waals surface area contributed by atoms with E-state index in [4.69, 9.17) is 0 Å². The Bertz CT molecular complexity index is 2770. The zero-order valence-electron chi connectivity index (χ0n) is 25.5. The minimum Gasteiger partial charge on any atom is -0.310 e. The summed E-state index contributed by atoms with van der Waals surface area (Å²) in [5.41, 5.74) is 11.1. The van der Waals surface area contributed by atoms with E-state index in [0.717, 1.165) is 61.0 Å². The Kier molecular flexibility index (Phi) is 5.00. The van der Waals surface area contributed by atoms with Crippen LogP contribution in [0.1, 0.15) is 0 Å². The molecule has 0 saturated carbocycles. The Balaban J connectivity index is 1.28. The highest BCUT2D eigenvalue weighted by molar-refractivity contribution is 7.00. The molecule has 0 atom stereocenters. The molecule has 0 N–H and O–H groups in total. The number of aromatic nitrogens is 2. The first kappa shape index (κ1) is 26.0. The van der Waals surface area contributed by atoms with Crippen LogP contribution < -0.4 is 21.3 Å². The molecule has 0 fully saturated rings. The predicted octanol–water partition coefficient (Wildman–Crippen LogP) is 8.77. The van der Waals surface area contributed by atoms with Crippen molar-refractivity contribution < 1.29 is 8.78 Å². The maximum absolute atomic E-state index is 16.0. The summed E-state index contributed by atoms with van der Waals surface area (Å²) in [5.74, 6) is -1.21. The maximum Gasteiger partial charge on any atom is 0.252 e. The third-order valence-electron chi connectivity index (χ3n) is 10.4. The fraction of sp³-hybridized carbons (Fsp3) is 0. The molecule has 48 heavy (non-hydrogen) atoms. The van der Waals surface area contributed by atoms with Gasteiger partial charge in [-0.05, 0) is 71.0 Å². The van der Waals surface area contributed by atoms with Crippen LogP contribution in [0.4, 0.5) is 25.8 Å². The second-order valence-electron chi connectivity index (χ2n) is 12.8. The highest BCUT2D eigenvalue weighted by atomic mass is 19.1. The zero-order chi connectivity index (χ0) is 31.7. The summed E-state index contributed by atoms with van der Waals surface area (Å²) in [6.45, 7) is -0.134. The number of halogens is 2. The standard InChI is InChI=1S/C42H24BF2N3/c44-32-15-8-16-33(45)42(32)48-38-21-9-20-37-40(38)43(31-14-7-13-29-28-12-3-6-19-36(28)47(37)41(29)31)30-23-22-25(24-39(30)48)46-34-17-4-1-10-26(34)27-11-2-5-18-35(27)46/h1-24H. The number of para-hydroxylation sites is 5. The molecule has 0 unspecified atom stereocenters. The van der Waals surface area contributed by atoms with Crippen LogP contribution in [0.5, 0.6) is 0 Å². The highest BCUT2D eigenvalue weighted by Crippen LogP contribution is 2.44. The number of hydrogen-bond donors (Lipinski definition) is 0. The van der Waals surface area contributed by atoms with E-state index < -0.39 is 11.6 Å². The normalized spacial score (nSPS) is 13.1. The third kappa shape index (κ3) is 3.17. The van der Waals surface area contributed by atoms with E-state index in [0.29, 0.717) is 0 Å². The molecule has 0 spiro atoms. The largest absolute Gasteiger partial charge is 0.310 e. The minimum absolute atomic E-state index is 0.0775. The van der Waals surface area contributed by atoms with Gasteiger partial charge in [-0.15, -0.1) is 0 Å². The van der Waals surface area contributed by atoms with Crippen LogP contribution in [-0.4, -0.2) is 15.8 Å². The van der Waals surface area contributed by atoms with Gasteiger partial charge in [0.2, 0.25) is 0 Å². The number of rotatable bonds is 2. The van der Waals surface area contributed by atoms with Crippen LogP contribution in [0.25, 0.3) is 55.0 Å². The lowest BCUT2D eigenvalue weighted by molar-refractivity contribution is 0.586. The molecule has 224 valence electrons. The number of fused-ring (bicyclic) bond motifs is 10. The molecule has 0 bridgehead atoms. The van der Waals surface area contributed by atoms with Crippen LogP contribution in [0.3, 0.4) is 0 Å². The Labute approximate surface area is 274 Å². The van der Waals surface area contributed by atoms with Crippen molar-refractivity contribution in [2.75, 3.05) is 4.90 Å². The molecule has 0 saturated heterocycles. The fourth-order valence-electron chi connectivity index (χ4n) is 8.62. The van der Waals surface area contributed by atoms with E-state index in [-0.39, 0.29) is 12.4 Å². The fourth-order valence-corrected chi connectivity index (χ4v) is 8.62. The van der Waals surface area contributed by atoms with Crippen molar-refractivity contribution in [2.24, 2.45) is 0 Å². The molecule has 0 aliphatic carbocycles. The van der Waals surface area contributed by atoms with Gasteiger partial charge in [-0.25, -0.2) is 8.78 Å². The van der Waals surface area contributed by atoms with E-state index in [1.807, 2.05) is 17.0 Å². The van der Waals surface area contributed by atoms with Crippen molar-refractivity contribution in [3.05, 3.63) is 157 Å². The molecular formula is C42H24BF2N3. The summed E-state index contributed by atoms with van der Waals surface area (Å²) in [4.78, 5) is 1.81. The number of benzene rings is 7. The average Bonchev–Trinajstić information content (AvgIpc) is 3.64. The van der Waals surface area contributed by atoms with Gasteiger partial charge in [0.1, 0.15) is 17.3 Å². The molecule has 6 heteroatoms. The van der Waals surface area contributed by atoms with Gasteiger partial charge in [-0.2, -0.15) is 0 Å². The van der Waals surface area contributed by atoms with Crippen molar-refractivity contribution in [3.63, 3.8) is 0 Å². The minimum atomic E-state index is -0.607. The number of nitrogens with zero attached hydrogens (tertiary/aromatic N) is 3. The highest BCUT2D eigenvalue weighted by Gasteiger charge is 2.42. The Morgan fingerprint density at radius 1 is 0.438 bits per heavy atom. The molecule has 2 aromatic heterocycles. The Hall–Kier alpha value is -6.14. The van der Waals surface area contributed by atoms with Crippen LogP contribution in [0.2, 0.25) is 0 Å². The molecular weight excluding hydrogens is 595 g/mol. The Morgan fingerprint density at radius 3 is 1.71 bits per heavy atom. The third-order valence-corrected chi connectivity index (χ3v) is 10.4. The van der Waals surface area contributed by atoms with Crippen molar-refractivity contribution in [3.8, 4) is 11.4 Å². The molecule has 2 aliphatic rings. The summed E-state index contributed by atoms with van der Waals surface area (Å²) < 4.78 is 36.6. The predicted molar refractivity (Wildman–Crippen MR) is 194 cm³/mol. The second kappa shape index (κ2) is 9.23. The maximum atomic E-state index is 16.0. The van der Waals surface area contributed by atoms with Gasteiger partial charge in [-0.1, -0.05) is 91.0 Å². The molecule has 7 aromatic carbocycles. The van der Waals surface area contributed by atoms with Crippen LogP contribution in [-0.2, 0) is 0 Å². The molecule has 11 rings (SSSR count). The van der Waals surface area contributed by atoms with Crippen LogP contribution >= 0.6 is 0 Å². The van der Waals surface area contributed by atoms with Gasteiger partial charge < -0.3 is 14.0 Å². The van der Waals surface area contributed by atoms with Crippen molar-refractivity contribution in [1.29, 1.82) is 0 Å². The molecule has 9 aromatic rings. The molecule has 4 heterocycles. The van der Waals surface area contributed by atoms with Gasteiger partial charge in [-0.3, -0.25) is 0 Å². The lowest BCUT2D eigenvalue weighted by Crippen LogP contribution is -2.60. The topological polar surface area (TPSA) is 13.1 Å². The smallest absolute Gasteiger partial charge is 0.252 e. The van der Waals surface area contributed by atoms with Gasteiger partial charge in [0.15, 0.2) is 0 Å². The molecule has 2 aliphatic heterocycles. The summed E-state index contributed by atoms with van der Waals surface area (Å²) in [7, 11) is 0. The first-order valence-corrected chi connectivity index (χ1v) is 16.2. The van der Waals surface area contributed by atoms with E-state index in [1.54, 1.807) is 0 Å². The van der Waals surface area contributed by atoms with Crippen molar-refractivity contribution in [2.45, 2.75) is 0 Å². The van der Waals surface area contributed by atoms with Crippen LogP contribution in [0.15, 0.2) is 146 Å². The summed E-state index contributed by atoms with van der Waals surface area (Å²) in [6, 6.07) is 48.5. The van der Waals surface area contributed by atoms with Gasteiger partial charge in [0, 0.05) is 49.8 Å². The van der Waals surface area contributed by atoms with Crippen molar-refractivity contribution >= 4 is 83.8 Å². The van der Waals surface area contributed by atoms with E-state index >= 15 is 8.78 Å². The lowest BCUT2D eigenvalue weighted by Gasteiger charge is -2.40. The van der Waals surface area contributed by atoms with Gasteiger partial charge in [0.25, 0.3) is 6.71 Å². The van der Waals surface area contributed by atoms with Crippen LogP contribution in [0, 0.1) is 11.6 Å². The summed E-state index contributed by atoms with van der Waals surface area (Å²) in [5, 5.41) is 4.70. The SMILES string of the molecule is Fc1cccc(F)c1N1c2cc(-n3c4ccccc4c4ccccc43)ccc2B2c3c1cccc3-n1c3ccccc3c3cccc2c31. The van der Waals surface area contributed by atoms with Gasteiger partial charge >= 0.3 is 0 Å². The van der Waals surface area contributed by atoms with Crippen molar-refractivity contribution in [1.82, 2.24) is 9.13 Å². The Morgan fingerprint density at radius 2 is 1.00 bits per heavy atom. The van der Waals surface area contributed by atoms with E-state index in [1.165, 1.54) is 40.0 Å². The second-order valence-corrected chi connectivity index (χ2v) is 12.8. The lowest BCUT2D eigenvalue weighted by atomic mass is 9.34. The number of hydrogen-bond acceptors (Lipinski definition) is 1. The molecule has 3 nitrogen and oxygen atoms in total. The molecule has 0 amide bonds. The number of anilines is 3. The first-order chi connectivity index (χ1) is 23.7. The van der Waals surface area contributed by atoms with E-state index in [9.17, 15) is 0 Å². The molecule has 0 radical (unpaired) electrons. The summed E-state index contributed by atoms with van der Waals surface area (Å²) in [6.07, 6.45) is 0.